The van der Waals surface area contributed by atoms with Gasteiger partial charge >= 0.3 is 0 Å². The molecule has 2 heteroatoms. The molecule has 0 heterocycles. The third-order valence-electron chi connectivity index (χ3n) is 7.11. The van der Waals surface area contributed by atoms with Crippen LogP contribution in [0.3, 0.4) is 0 Å². The summed E-state index contributed by atoms with van der Waals surface area (Å²) >= 11 is 0. The normalized spacial score (nSPS) is 10.7. The highest BCUT2D eigenvalue weighted by atomic mass is 15.1. The third-order valence-corrected chi connectivity index (χ3v) is 7.11. The van der Waals surface area contributed by atoms with Gasteiger partial charge in [0.05, 0.1) is 0 Å². The molecule has 0 radical (unpaired) electrons. The smallest absolute Gasteiger partial charge is 0.0462 e. The molecule has 0 unspecified atom stereocenters. The van der Waals surface area contributed by atoms with Crippen molar-refractivity contribution in [1.29, 1.82) is 0 Å². The van der Waals surface area contributed by atoms with Crippen LogP contribution < -0.4 is 9.80 Å². The molecule has 6 rings (SSSR count). The van der Waals surface area contributed by atoms with E-state index >= 15 is 0 Å². The van der Waals surface area contributed by atoms with E-state index in [0.717, 1.165) is 50.8 Å². The number of terminal acetylenes is 1. The van der Waals surface area contributed by atoms with Crippen molar-refractivity contribution in [2.24, 2.45) is 0 Å². The van der Waals surface area contributed by atoms with Gasteiger partial charge in [-0.3, -0.25) is 0 Å². The van der Waals surface area contributed by atoms with Crippen LogP contribution in [0.2, 0.25) is 0 Å². The van der Waals surface area contributed by atoms with E-state index in [1.807, 2.05) is 30.3 Å². The zero-order chi connectivity index (χ0) is 28.6. The Balaban J connectivity index is 1.23. The van der Waals surface area contributed by atoms with Gasteiger partial charge in [-0.05, 0) is 96.1 Å². The summed E-state index contributed by atoms with van der Waals surface area (Å²) in [4.78, 5) is 4.50. The van der Waals surface area contributed by atoms with E-state index in [4.69, 9.17) is 6.42 Å². The predicted molar refractivity (Wildman–Crippen MR) is 179 cm³/mol. The lowest BCUT2D eigenvalue weighted by Crippen LogP contribution is -2.09. The second kappa shape index (κ2) is 12.6. The molecule has 6 aromatic carbocycles. The monoisotopic (exact) mass is 538 g/mol. The van der Waals surface area contributed by atoms with Crippen LogP contribution in [0.1, 0.15) is 16.7 Å². The summed E-state index contributed by atoms with van der Waals surface area (Å²) in [6.07, 6.45) is 9.89. The molecule has 0 N–H and O–H groups in total. The molecule has 200 valence electrons. The first-order valence-corrected chi connectivity index (χ1v) is 14.0. The van der Waals surface area contributed by atoms with Gasteiger partial charge in [-0.15, -0.1) is 6.42 Å². The van der Waals surface area contributed by atoms with E-state index in [2.05, 4.69) is 161 Å². The largest absolute Gasteiger partial charge is 0.311 e. The van der Waals surface area contributed by atoms with Crippen molar-refractivity contribution >= 4 is 46.3 Å². The fourth-order valence-corrected chi connectivity index (χ4v) is 4.99. The average Bonchev–Trinajstić information content (AvgIpc) is 3.07. The molecule has 42 heavy (non-hydrogen) atoms. The Kier molecular flexibility index (Phi) is 7.93. The SMILES string of the molecule is C#Cc1ccc(N(c2ccccc2)c2ccc(/C=C/c3ccc(N(c4ccccc4)c4ccccc4)cc3)cc2)cc1. The minimum Gasteiger partial charge on any atom is -0.311 e. The van der Waals surface area contributed by atoms with E-state index in [0.29, 0.717) is 0 Å². The Morgan fingerprint density at radius 1 is 0.357 bits per heavy atom. The number of anilines is 6. The predicted octanol–water partition coefficient (Wildman–Crippen LogP) is 10.8. The maximum absolute atomic E-state index is 5.58. The summed E-state index contributed by atoms with van der Waals surface area (Å²) in [5.41, 5.74) is 9.75. The molecular weight excluding hydrogens is 508 g/mol. The quantitative estimate of drug-likeness (QED) is 0.140. The minimum atomic E-state index is 0.869. The van der Waals surface area contributed by atoms with Crippen molar-refractivity contribution in [2.75, 3.05) is 9.80 Å². The van der Waals surface area contributed by atoms with Gasteiger partial charge in [0.2, 0.25) is 0 Å². The van der Waals surface area contributed by atoms with E-state index in [-0.39, 0.29) is 0 Å². The Morgan fingerprint density at radius 3 is 0.952 bits per heavy atom. The van der Waals surface area contributed by atoms with Crippen LogP contribution in [0.5, 0.6) is 0 Å². The molecule has 0 aromatic heterocycles. The molecule has 0 saturated heterocycles. The second-order valence-corrected chi connectivity index (χ2v) is 9.89. The maximum Gasteiger partial charge on any atom is 0.0462 e. The maximum atomic E-state index is 5.58. The van der Waals surface area contributed by atoms with Gasteiger partial charge in [-0.2, -0.15) is 0 Å². The molecule has 0 amide bonds. The summed E-state index contributed by atoms with van der Waals surface area (Å²) in [5.74, 6) is 2.70. The molecular formula is C40H30N2. The van der Waals surface area contributed by atoms with Gasteiger partial charge in [-0.1, -0.05) is 96.9 Å². The van der Waals surface area contributed by atoms with Crippen LogP contribution in [0, 0.1) is 12.3 Å². The zero-order valence-corrected chi connectivity index (χ0v) is 23.2. The van der Waals surface area contributed by atoms with E-state index in [9.17, 15) is 0 Å². The summed E-state index contributed by atoms with van der Waals surface area (Å²) in [7, 11) is 0. The van der Waals surface area contributed by atoms with E-state index in [1.165, 1.54) is 0 Å². The lowest BCUT2D eigenvalue weighted by Gasteiger charge is -2.25. The molecule has 6 aromatic rings. The average molecular weight is 539 g/mol. The first-order chi connectivity index (χ1) is 20.8. The molecule has 0 aliphatic carbocycles. The standard InChI is InChI=1S/C40H30N2/c1-2-32-20-26-38(27-21-32)42(37-16-10-5-11-17-37)40-30-24-34(25-31-40)19-18-33-22-28-39(29-23-33)41(35-12-6-3-7-13-35)36-14-8-4-9-15-36/h1,3-31H/b19-18+. The van der Waals surface area contributed by atoms with Crippen LogP contribution in [-0.4, -0.2) is 0 Å². The van der Waals surface area contributed by atoms with Crippen molar-refractivity contribution in [3.05, 3.63) is 180 Å². The summed E-state index contributed by atoms with van der Waals surface area (Å²) in [6, 6.07) is 56.7. The van der Waals surface area contributed by atoms with Crippen molar-refractivity contribution in [3.8, 4) is 12.3 Å². The summed E-state index contributed by atoms with van der Waals surface area (Å²) in [6.45, 7) is 0. The Hall–Kier alpha value is -5.78. The topological polar surface area (TPSA) is 6.48 Å². The van der Waals surface area contributed by atoms with E-state index in [1.54, 1.807) is 0 Å². The first kappa shape index (κ1) is 26.4. The highest BCUT2D eigenvalue weighted by Crippen LogP contribution is 2.36. The van der Waals surface area contributed by atoms with Crippen molar-refractivity contribution in [3.63, 3.8) is 0 Å². The fraction of sp³-hybridized carbons (Fsp3) is 0. The molecule has 2 nitrogen and oxygen atoms in total. The zero-order valence-electron chi connectivity index (χ0n) is 23.2. The molecule has 0 aliphatic heterocycles. The van der Waals surface area contributed by atoms with Gasteiger partial charge in [0, 0.05) is 39.7 Å². The van der Waals surface area contributed by atoms with Gasteiger partial charge in [-0.25, -0.2) is 0 Å². The number of benzene rings is 6. The molecule has 0 saturated carbocycles. The molecule has 0 fully saturated rings. The Morgan fingerprint density at radius 2 is 0.643 bits per heavy atom. The summed E-state index contributed by atoms with van der Waals surface area (Å²) in [5, 5.41) is 0. The highest BCUT2D eigenvalue weighted by Gasteiger charge is 2.13. The van der Waals surface area contributed by atoms with Crippen molar-refractivity contribution < 1.29 is 0 Å². The molecule has 0 spiro atoms. The van der Waals surface area contributed by atoms with Crippen LogP contribution in [0.15, 0.2) is 164 Å². The Labute approximate surface area is 248 Å². The number of hydrogen-bond donors (Lipinski definition) is 0. The van der Waals surface area contributed by atoms with Crippen LogP contribution in [0.4, 0.5) is 34.1 Å². The van der Waals surface area contributed by atoms with Crippen molar-refractivity contribution in [2.45, 2.75) is 0 Å². The van der Waals surface area contributed by atoms with Crippen LogP contribution >= 0.6 is 0 Å². The van der Waals surface area contributed by atoms with E-state index < -0.39 is 0 Å². The number of nitrogens with zero attached hydrogens (tertiary/aromatic N) is 2. The van der Waals surface area contributed by atoms with Crippen LogP contribution in [-0.2, 0) is 0 Å². The van der Waals surface area contributed by atoms with Gasteiger partial charge in [0.15, 0.2) is 0 Å². The number of para-hydroxylation sites is 3. The highest BCUT2D eigenvalue weighted by molar-refractivity contribution is 5.80. The number of rotatable bonds is 8. The van der Waals surface area contributed by atoms with Gasteiger partial charge < -0.3 is 9.80 Å². The lowest BCUT2D eigenvalue weighted by molar-refractivity contribution is 1.28. The molecule has 0 aliphatic rings. The van der Waals surface area contributed by atoms with Crippen LogP contribution in [0.25, 0.3) is 12.2 Å². The Bertz CT molecular complexity index is 1740. The summed E-state index contributed by atoms with van der Waals surface area (Å²) < 4.78 is 0. The molecule has 0 bridgehead atoms. The first-order valence-electron chi connectivity index (χ1n) is 14.0. The minimum absolute atomic E-state index is 0.869. The van der Waals surface area contributed by atoms with Gasteiger partial charge in [0.1, 0.15) is 0 Å². The van der Waals surface area contributed by atoms with Gasteiger partial charge in [0.25, 0.3) is 0 Å². The lowest BCUT2D eigenvalue weighted by atomic mass is 10.1. The second-order valence-electron chi connectivity index (χ2n) is 9.89. The molecule has 0 atom stereocenters. The number of hydrogen-bond acceptors (Lipinski definition) is 2. The van der Waals surface area contributed by atoms with Crippen molar-refractivity contribution in [1.82, 2.24) is 0 Å². The fourth-order valence-electron chi connectivity index (χ4n) is 4.99. The third kappa shape index (κ3) is 6.02.